The van der Waals surface area contributed by atoms with Crippen LogP contribution in [0, 0.1) is 0 Å². The number of thiazole rings is 1. The first-order valence-electron chi connectivity index (χ1n) is 6.63. The first-order chi connectivity index (χ1) is 9.51. The monoisotopic (exact) mass is 355 g/mol. The maximum atomic E-state index is 12.3. The molecule has 2 aromatic rings. The van der Waals surface area contributed by atoms with Crippen LogP contribution in [0.2, 0.25) is 0 Å². The van der Waals surface area contributed by atoms with E-state index in [-0.39, 0.29) is 5.91 Å². The molecule has 0 unspecified atom stereocenters. The smallest absolute Gasteiger partial charge is 0.274 e. The number of amides is 1. The summed E-state index contributed by atoms with van der Waals surface area (Å²) in [5, 5.41) is 5.51. The van der Waals surface area contributed by atoms with E-state index in [0.29, 0.717) is 16.7 Å². The standard InChI is InChI=1S/C14H18BrN3OS/c1-4-5-18-7-10(15)6-12(18)13(19)17-14-16-11(8-20-14)9(2)3/h6-9H,4-5H2,1-3H3,(H,16,17,19). The second-order valence-corrected chi connectivity index (χ2v) is 6.70. The number of nitrogens with one attached hydrogen (secondary N) is 1. The molecule has 2 heterocycles. The number of carbonyl (C=O) groups excluding carboxylic acids is 1. The van der Waals surface area contributed by atoms with E-state index >= 15 is 0 Å². The van der Waals surface area contributed by atoms with Gasteiger partial charge in [0.05, 0.1) is 5.69 Å². The predicted molar refractivity (Wildman–Crippen MR) is 86.6 cm³/mol. The Morgan fingerprint density at radius 1 is 1.55 bits per heavy atom. The van der Waals surface area contributed by atoms with Crippen molar-refractivity contribution in [2.45, 2.75) is 39.7 Å². The van der Waals surface area contributed by atoms with Gasteiger partial charge in [0.1, 0.15) is 5.69 Å². The zero-order valence-corrected chi connectivity index (χ0v) is 14.2. The zero-order chi connectivity index (χ0) is 14.7. The van der Waals surface area contributed by atoms with Gasteiger partial charge in [0.25, 0.3) is 5.91 Å². The molecule has 0 aliphatic heterocycles. The summed E-state index contributed by atoms with van der Waals surface area (Å²) in [6, 6.07) is 1.84. The van der Waals surface area contributed by atoms with Gasteiger partial charge in [-0.05, 0) is 34.3 Å². The van der Waals surface area contributed by atoms with E-state index in [9.17, 15) is 4.79 Å². The maximum Gasteiger partial charge on any atom is 0.274 e. The average Bonchev–Trinajstić information content (AvgIpc) is 2.97. The lowest BCUT2D eigenvalue weighted by atomic mass is 10.2. The Kier molecular flexibility index (Phi) is 4.99. The fourth-order valence-corrected chi connectivity index (χ4v) is 3.19. The summed E-state index contributed by atoms with van der Waals surface area (Å²) in [5.41, 5.74) is 1.66. The number of hydrogen-bond acceptors (Lipinski definition) is 3. The fourth-order valence-electron chi connectivity index (χ4n) is 1.86. The summed E-state index contributed by atoms with van der Waals surface area (Å²) < 4.78 is 2.87. The van der Waals surface area contributed by atoms with E-state index in [1.165, 1.54) is 11.3 Å². The van der Waals surface area contributed by atoms with Crippen LogP contribution in [0.4, 0.5) is 5.13 Å². The van der Waals surface area contributed by atoms with Gasteiger partial charge in [-0.2, -0.15) is 0 Å². The second-order valence-electron chi connectivity index (χ2n) is 4.92. The van der Waals surface area contributed by atoms with Crippen molar-refractivity contribution in [3.8, 4) is 0 Å². The summed E-state index contributed by atoms with van der Waals surface area (Å²) in [6.07, 6.45) is 2.91. The number of aryl methyl sites for hydroxylation is 1. The summed E-state index contributed by atoms with van der Waals surface area (Å²) in [6.45, 7) is 7.09. The molecule has 0 spiro atoms. The number of halogens is 1. The van der Waals surface area contributed by atoms with Crippen molar-refractivity contribution in [1.82, 2.24) is 9.55 Å². The molecule has 4 nitrogen and oxygen atoms in total. The highest BCUT2D eigenvalue weighted by molar-refractivity contribution is 9.10. The molecule has 0 bridgehead atoms. The van der Waals surface area contributed by atoms with E-state index < -0.39 is 0 Å². The molecule has 1 N–H and O–H groups in total. The Morgan fingerprint density at radius 3 is 2.90 bits per heavy atom. The molecule has 0 radical (unpaired) electrons. The lowest BCUT2D eigenvalue weighted by Crippen LogP contribution is -2.16. The van der Waals surface area contributed by atoms with Crippen molar-refractivity contribution < 1.29 is 4.79 Å². The lowest BCUT2D eigenvalue weighted by molar-refractivity contribution is 0.101. The van der Waals surface area contributed by atoms with Crippen LogP contribution in [0.15, 0.2) is 22.1 Å². The molecule has 0 saturated heterocycles. The Morgan fingerprint density at radius 2 is 2.30 bits per heavy atom. The summed E-state index contributed by atoms with van der Waals surface area (Å²) in [5.74, 6) is 0.254. The molecular formula is C14H18BrN3OS. The number of hydrogen-bond donors (Lipinski definition) is 1. The van der Waals surface area contributed by atoms with Gasteiger partial charge in [0.15, 0.2) is 5.13 Å². The van der Waals surface area contributed by atoms with Gasteiger partial charge in [-0.3, -0.25) is 10.1 Å². The van der Waals surface area contributed by atoms with Crippen LogP contribution in [0.25, 0.3) is 0 Å². The topological polar surface area (TPSA) is 46.9 Å². The third-order valence-corrected chi connectivity index (χ3v) is 4.10. The normalized spacial score (nSPS) is 11.1. The molecule has 0 atom stereocenters. The highest BCUT2D eigenvalue weighted by atomic mass is 79.9. The predicted octanol–water partition coefficient (Wildman–Crippen LogP) is 4.49. The van der Waals surface area contributed by atoms with Gasteiger partial charge in [0.2, 0.25) is 0 Å². The molecular weight excluding hydrogens is 338 g/mol. The molecule has 2 rings (SSSR count). The molecule has 1 amide bonds. The Labute approximate surface area is 131 Å². The van der Waals surface area contributed by atoms with Crippen molar-refractivity contribution in [2.24, 2.45) is 0 Å². The highest BCUT2D eigenvalue weighted by Crippen LogP contribution is 2.23. The van der Waals surface area contributed by atoms with Gasteiger partial charge in [0, 0.05) is 22.6 Å². The van der Waals surface area contributed by atoms with Crippen molar-refractivity contribution in [1.29, 1.82) is 0 Å². The molecule has 108 valence electrons. The van der Waals surface area contributed by atoms with Crippen LogP contribution in [0.1, 0.15) is 49.3 Å². The van der Waals surface area contributed by atoms with Crippen LogP contribution < -0.4 is 5.32 Å². The molecule has 0 aromatic carbocycles. The van der Waals surface area contributed by atoms with E-state index in [4.69, 9.17) is 0 Å². The third kappa shape index (κ3) is 3.49. The molecule has 20 heavy (non-hydrogen) atoms. The lowest BCUT2D eigenvalue weighted by Gasteiger charge is -2.06. The fraction of sp³-hybridized carbons (Fsp3) is 0.429. The summed E-state index contributed by atoms with van der Waals surface area (Å²) >= 11 is 4.88. The van der Waals surface area contributed by atoms with E-state index in [1.807, 2.05) is 22.2 Å². The third-order valence-electron chi connectivity index (χ3n) is 2.89. The van der Waals surface area contributed by atoms with Crippen LogP contribution in [-0.4, -0.2) is 15.5 Å². The number of nitrogens with zero attached hydrogens (tertiary/aromatic N) is 2. The van der Waals surface area contributed by atoms with Gasteiger partial charge in [-0.15, -0.1) is 11.3 Å². The Hall–Kier alpha value is -1.14. The van der Waals surface area contributed by atoms with Gasteiger partial charge in [-0.25, -0.2) is 4.98 Å². The zero-order valence-electron chi connectivity index (χ0n) is 11.8. The number of rotatable bonds is 5. The summed E-state index contributed by atoms with van der Waals surface area (Å²) in [4.78, 5) is 16.7. The quantitative estimate of drug-likeness (QED) is 0.858. The number of anilines is 1. The first kappa shape index (κ1) is 15.3. The SMILES string of the molecule is CCCn1cc(Br)cc1C(=O)Nc1nc(C(C)C)cs1. The molecule has 2 aromatic heterocycles. The number of aromatic nitrogens is 2. The molecule has 6 heteroatoms. The van der Waals surface area contributed by atoms with Gasteiger partial charge >= 0.3 is 0 Å². The van der Waals surface area contributed by atoms with Crippen LogP contribution in [0.5, 0.6) is 0 Å². The minimum atomic E-state index is -0.117. The Balaban J connectivity index is 2.14. The number of carbonyl (C=O) groups is 1. The average molecular weight is 356 g/mol. The first-order valence-corrected chi connectivity index (χ1v) is 8.31. The largest absolute Gasteiger partial charge is 0.342 e. The van der Waals surface area contributed by atoms with Crippen LogP contribution in [-0.2, 0) is 6.54 Å². The second kappa shape index (κ2) is 6.54. The molecule has 0 saturated carbocycles. The van der Waals surface area contributed by atoms with Crippen molar-refractivity contribution in [3.05, 3.63) is 33.5 Å². The van der Waals surface area contributed by atoms with E-state index in [1.54, 1.807) is 0 Å². The summed E-state index contributed by atoms with van der Waals surface area (Å²) in [7, 11) is 0. The minimum Gasteiger partial charge on any atom is -0.342 e. The van der Waals surface area contributed by atoms with Crippen molar-refractivity contribution >= 4 is 38.3 Å². The van der Waals surface area contributed by atoms with Gasteiger partial charge in [-0.1, -0.05) is 20.8 Å². The van der Waals surface area contributed by atoms with Gasteiger partial charge < -0.3 is 4.57 Å². The van der Waals surface area contributed by atoms with Crippen LogP contribution in [0.3, 0.4) is 0 Å². The highest BCUT2D eigenvalue weighted by Gasteiger charge is 2.15. The molecule has 0 aliphatic carbocycles. The molecule has 0 aliphatic rings. The van der Waals surface area contributed by atoms with Crippen molar-refractivity contribution in [3.63, 3.8) is 0 Å². The maximum absolute atomic E-state index is 12.3. The van der Waals surface area contributed by atoms with Crippen LogP contribution >= 0.6 is 27.3 Å². The molecule has 0 fully saturated rings. The van der Waals surface area contributed by atoms with E-state index in [2.05, 4.69) is 47.0 Å². The van der Waals surface area contributed by atoms with Crippen molar-refractivity contribution in [2.75, 3.05) is 5.32 Å². The Bertz CT molecular complexity index is 603. The van der Waals surface area contributed by atoms with E-state index in [0.717, 1.165) is 23.1 Å². The minimum absolute atomic E-state index is 0.117.